The molecule has 0 aromatic heterocycles. The van der Waals surface area contributed by atoms with Crippen LogP contribution in [0, 0.1) is 5.82 Å². The van der Waals surface area contributed by atoms with Gasteiger partial charge in [0, 0.05) is 17.9 Å². The van der Waals surface area contributed by atoms with Crippen LogP contribution in [-0.2, 0) is 5.54 Å². The van der Waals surface area contributed by atoms with Crippen LogP contribution in [0.4, 0.5) is 15.8 Å². The third kappa shape index (κ3) is 3.50. The van der Waals surface area contributed by atoms with E-state index in [-0.39, 0.29) is 11.4 Å². The number of hydrogen-bond acceptors (Lipinski definition) is 2. The first-order valence-electron chi connectivity index (χ1n) is 6.89. The molecule has 0 unspecified atom stereocenters. The Hall–Kier alpha value is -2.03. The molecule has 0 saturated carbocycles. The van der Waals surface area contributed by atoms with Crippen LogP contribution in [0.5, 0.6) is 0 Å². The van der Waals surface area contributed by atoms with Gasteiger partial charge in [0.2, 0.25) is 0 Å². The van der Waals surface area contributed by atoms with Crippen LogP contribution in [-0.4, -0.2) is 6.54 Å². The number of nitrogens with one attached hydrogen (secondary N) is 2. The summed E-state index contributed by atoms with van der Waals surface area (Å²) < 4.78 is 12.9. The number of halogens is 1. The molecule has 2 N–H and O–H groups in total. The molecule has 0 fully saturated rings. The van der Waals surface area contributed by atoms with Crippen molar-refractivity contribution in [2.45, 2.75) is 26.3 Å². The van der Waals surface area contributed by atoms with Crippen LogP contribution in [0.1, 0.15) is 26.3 Å². The summed E-state index contributed by atoms with van der Waals surface area (Å²) in [5.74, 6) is -0.220. The van der Waals surface area contributed by atoms with Gasteiger partial charge in [-0.1, -0.05) is 12.1 Å². The standard InChI is InChI=1S/C17H21FN2/c1-4-19-16-7-5-6-13(12-16)17(2,3)20-15-10-8-14(18)9-11-15/h5-12,19-20H,4H2,1-3H3. The van der Waals surface area contributed by atoms with Gasteiger partial charge < -0.3 is 10.6 Å². The molecule has 0 radical (unpaired) electrons. The van der Waals surface area contributed by atoms with Gasteiger partial charge in [0.05, 0.1) is 5.54 Å². The van der Waals surface area contributed by atoms with Crippen LogP contribution in [0.25, 0.3) is 0 Å². The van der Waals surface area contributed by atoms with Gasteiger partial charge >= 0.3 is 0 Å². The summed E-state index contributed by atoms with van der Waals surface area (Å²) in [4.78, 5) is 0. The second kappa shape index (κ2) is 5.95. The lowest BCUT2D eigenvalue weighted by atomic mass is 9.93. The van der Waals surface area contributed by atoms with Gasteiger partial charge in [0.25, 0.3) is 0 Å². The molecule has 0 spiro atoms. The molecule has 2 nitrogen and oxygen atoms in total. The van der Waals surface area contributed by atoms with Gasteiger partial charge in [-0.15, -0.1) is 0 Å². The van der Waals surface area contributed by atoms with Crippen LogP contribution >= 0.6 is 0 Å². The predicted octanol–water partition coefficient (Wildman–Crippen LogP) is 4.60. The summed E-state index contributed by atoms with van der Waals surface area (Å²) >= 11 is 0. The van der Waals surface area contributed by atoms with Crippen molar-refractivity contribution in [1.29, 1.82) is 0 Å². The summed E-state index contributed by atoms with van der Waals surface area (Å²) in [5.41, 5.74) is 2.97. The molecule has 0 saturated heterocycles. The van der Waals surface area contributed by atoms with Crippen LogP contribution in [0.2, 0.25) is 0 Å². The Bertz CT molecular complexity index is 561. The molecular weight excluding hydrogens is 251 g/mol. The van der Waals surface area contributed by atoms with E-state index in [9.17, 15) is 4.39 Å². The SMILES string of the molecule is CCNc1cccc(C(C)(C)Nc2ccc(F)cc2)c1. The van der Waals surface area contributed by atoms with Gasteiger partial charge in [-0.25, -0.2) is 4.39 Å². The Labute approximate surface area is 120 Å². The van der Waals surface area contributed by atoms with Crippen molar-refractivity contribution in [2.24, 2.45) is 0 Å². The van der Waals surface area contributed by atoms with Crippen molar-refractivity contribution in [2.75, 3.05) is 17.2 Å². The third-order valence-corrected chi connectivity index (χ3v) is 3.27. The highest BCUT2D eigenvalue weighted by molar-refractivity contribution is 5.51. The largest absolute Gasteiger partial charge is 0.385 e. The number of anilines is 2. The molecule has 0 aliphatic carbocycles. The number of benzene rings is 2. The Kier molecular flexibility index (Phi) is 4.28. The average molecular weight is 272 g/mol. The summed E-state index contributed by atoms with van der Waals surface area (Å²) in [6.07, 6.45) is 0. The smallest absolute Gasteiger partial charge is 0.123 e. The van der Waals surface area contributed by atoms with E-state index in [1.807, 2.05) is 6.07 Å². The van der Waals surface area contributed by atoms with E-state index in [0.717, 1.165) is 17.9 Å². The Morgan fingerprint density at radius 2 is 1.70 bits per heavy atom. The van der Waals surface area contributed by atoms with Gasteiger partial charge in [-0.3, -0.25) is 0 Å². The second-order valence-corrected chi connectivity index (χ2v) is 5.37. The predicted molar refractivity (Wildman–Crippen MR) is 83.7 cm³/mol. The van der Waals surface area contributed by atoms with Crippen LogP contribution < -0.4 is 10.6 Å². The lowest BCUT2D eigenvalue weighted by Crippen LogP contribution is -2.28. The molecule has 2 aromatic carbocycles. The fraction of sp³-hybridized carbons (Fsp3) is 0.294. The fourth-order valence-electron chi connectivity index (χ4n) is 2.19. The zero-order chi connectivity index (χ0) is 14.6. The fourth-order valence-corrected chi connectivity index (χ4v) is 2.19. The zero-order valence-electron chi connectivity index (χ0n) is 12.2. The Morgan fingerprint density at radius 3 is 2.35 bits per heavy atom. The van der Waals surface area contributed by atoms with Crippen LogP contribution in [0.3, 0.4) is 0 Å². The normalized spacial score (nSPS) is 11.2. The molecule has 0 aliphatic heterocycles. The van der Waals surface area contributed by atoms with Gasteiger partial charge in [0.15, 0.2) is 0 Å². The highest BCUT2D eigenvalue weighted by atomic mass is 19.1. The maximum absolute atomic E-state index is 12.9. The Morgan fingerprint density at radius 1 is 1.00 bits per heavy atom. The van der Waals surface area contributed by atoms with Gasteiger partial charge in [-0.05, 0) is 62.7 Å². The maximum Gasteiger partial charge on any atom is 0.123 e. The summed E-state index contributed by atoms with van der Waals surface area (Å²) in [7, 11) is 0. The zero-order valence-corrected chi connectivity index (χ0v) is 12.2. The lowest BCUT2D eigenvalue weighted by molar-refractivity contribution is 0.607. The highest BCUT2D eigenvalue weighted by Crippen LogP contribution is 2.27. The van der Waals surface area contributed by atoms with Gasteiger partial charge in [0.1, 0.15) is 5.82 Å². The molecule has 0 amide bonds. The summed E-state index contributed by atoms with van der Waals surface area (Å²) in [6.45, 7) is 7.20. The number of rotatable bonds is 5. The van der Waals surface area contributed by atoms with Crippen molar-refractivity contribution < 1.29 is 4.39 Å². The van der Waals surface area contributed by atoms with E-state index >= 15 is 0 Å². The summed E-state index contributed by atoms with van der Waals surface area (Å²) in [6, 6.07) is 14.8. The molecule has 106 valence electrons. The van der Waals surface area contributed by atoms with E-state index in [1.54, 1.807) is 12.1 Å². The van der Waals surface area contributed by atoms with Crippen molar-refractivity contribution in [3.8, 4) is 0 Å². The minimum Gasteiger partial charge on any atom is -0.385 e. The van der Waals surface area contributed by atoms with E-state index in [0.29, 0.717) is 0 Å². The van der Waals surface area contributed by atoms with Crippen molar-refractivity contribution in [3.05, 3.63) is 59.9 Å². The minimum atomic E-state index is -0.233. The first kappa shape index (κ1) is 14.4. The average Bonchev–Trinajstić information content (AvgIpc) is 2.42. The minimum absolute atomic E-state index is 0.220. The molecule has 0 bridgehead atoms. The van der Waals surface area contributed by atoms with Crippen LogP contribution in [0.15, 0.2) is 48.5 Å². The highest BCUT2D eigenvalue weighted by Gasteiger charge is 2.20. The molecule has 0 heterocycles. The molecule has 20 heavy (non-hydrogen) atoms. The molecular formula is C17H21FN2. The molecule has 2 aromatic rings. The van der Waals surface area contributed by atoms with Gasteiger partial charge in [-0.2, -0.15) is 0 Å². The Balaban J connectivity index is 2.20. The van der Waals surface area contributed by atoms with E-state index in [2.05, 4.69) is 49.6 Å². The molecule has 2 rings (SSSR count). The van der Waals surface area contributed by atoms with Crippen molar-refractivity contribution in [1.82, 2.24) is 0 Å². The van der Waals surface area contributed by atoms with E-state index < -0.39 is 0 Å². The van der Waals surface area contributed by atoms with E-state index in [1.165, 1.54) is 17.7 Å². The first-order valence-corrected chi connectivity index (χ1v) is 6.89. The second-order valence-electron chi connectivity index (χ2n) is 5.37. The summed E-state index contributed by atoms with van der Waals surface area (Å²) in [5, 5.41) is 6.75. The van der Waals surface area contributed by atoms with Crippen molar-refractivity contribution in [3.63, 3.8) is 0 Å². The van der Waals surface area contributed by atoms with E-state index in [4.69, 9.17) is 0 Å². The molecule has 0 atom stereocenters. The quantitative estimate of drug-likeness (QED) is 0.831. The molecule has 0 aliphatic rings. The van der Waals surface area contributed by atoms with Crippen molar-refractivity contribution >= 4 is 11.4 Å². The number of hydrogen-bond donors (Lipinski definition) is 2. The monoisotopic (exact) mass is 272 g/mol. The first-order chi connectivity index (χ1) is 9.51. The lowest BCUT2D eigenvalue weighted by Gasteiger charge is -2.28. The third-order valence-electron chi connectivity index (χ3n) is 3.27. The molecule has 3 heteroatoms. The topological polar surface area (TPSA) is 24.1 Å². The maximum atomic E-state index is 12.9.